The van der Waals surface area contributed by atoms with E-state index in [0.717, 1.165) is 33.3 Å². The zero-order valence-electron chi connectivity index (χ0n) is 19.6. The number of nitrogens with zero attached hydrogens (tertiary/aromatic N) is 5. The van der Waals surface area contributed by atoms with Gasteiger partial charge >= 0.3 is 0 Å². The molecule has 9 heteroatoms. The topological polar surface area (TPSA) is 120 Å². The van der Waals surface area contributed by atoms with Gasteiger partial charge < -0.3 is 19.7 Å². The van der Waals surface area contributed by atoms with E-state index in [-0.39, 0.29) is 12.0 Å². The minimum absolute atomic E-state index is 0.0923. The molecule has 0 saturated carbocycles. The maximum Gasteiger partial charge on any atom is 0.251 e. The molecule has 3 aromatic heterocycles. The van der Waals surface area contributed by atoms with Crippen molar-refractivity contribution in [3.63, 3.8) is 0 Å². The number of ether oxygens (including phenoxy) is 1. The Morgan fingerprint density at radius 2 is 2.03 bits per heavy atom. The van der Waals surface area contributed by atoms with Crippen LogP contribution in [0.15, 0.2) is 49.1 Å². The second-order valence-corrected chi connectivity index (χ2v) is 8.87. The molecule has 9 nitrogen and oxygen atoms in total. The number of benzene rings is 1. The molecule has 2 N–H and O–H groups in total. The number of likely N-dealkylation sites (tertiary alicyclic amines) is 1. The number of H-pyrrole nitrogens is 1. The zero-order valence-corrected chi connectivity index (χ0v) is 19.6. The van der Waals surface area contributed by atoms with Crippen molar-refractivity contribution in [2.24, 2.45) is 7.05 Å². The molecule has 1 saturated heterocycles. The number of carbonyl (C=O) groups is 1. The van der Waals surface area contributed by atoms with Gasteiger partial charge in [0.2, 0.25) is 0 Å². The summed E-state index contributed by atoms with van der Waals surface area (Å²) in [6, 6.07) is 9.94. The fourth-order valence-corrected chi connectivity index (χ4v) is 4.50. The van der Waals surface area contributed by atoms with E-state index in [1.807, 2.05) is 43.8 Å². The Kier molecular flexibility index (Phi) is 5.97. The van der Waals surface area contributed by atoms with Crippen molar-refractivity contribution in [2.75, 3.05) is 13.1 Å². The van der Waals surface area contributed by atoms with Gasteiger partial charge in [-0.05, 0) is 30.7 Å². The van der Waals surface area contributed by atoms with E-state index in [4.69, 9.17) is 4.74 Å². The van der Waals surface area contributed by atoms with Gasteiger partial charge in [-0.25, -0.2) is 4.98 Å². The molecular weight excluding hydrogens is 444 g/mol. The van der Waals surface area contributed by atoms with Crippen LogP contribution < -0.4 is 4.74 Å². The molecule has 178 valence electrons. The van der Waals surface area contributed by atoms with Crippen LogP contribution in [0.3, 0.4) is 0 Å². The molecule has 1 aliphatic rings. The van der Waals surface area contributed by atoms with Gasteiger partial charge in [0, 0.05) is 73.6 Å². The predicted molar refractivity (Wildman–Crippen MR) is 130 cm³/mol. The van der Waals surface area contributed by atoms with E-state index in [1.54, 1.807) is 15.8 Å². The number of aliphatic hydroxyl groups is 1. The van der Waals surface area contributed by atoms with Gasteiger partial charge in [-0.3, -0.25) is 9.48 Å². The molecular formula is C26H26N6O3. The van der Waals surface area contributed by atoms with Gasteiger partial charge in [-0.15, -0.1) is 0 Å². The van der Waals surface area contributed by atoms with Gasteiger partial charge in [0.1, 0.15) is 29.7 Å². The highest BCUT2D eigenvalue weighted by atomic mass is 16.5. The van der Waals surface area contributed by atoms with Crippen molar-refractivity contribution in [3.8, 4) is 34.1 Å². The largest absolute Gasteiger partial charge is 0.489 e. The summed E-state index contributed by atoms with van der Waals surface area (Å²) in [6.45, 7) is 2.53. The third-order valence-electron chi connectivity index (χ3n) is 6.39. The monoisotopic (exact) mass is 470 g/mol. The Hall–Kier alpha value is -4.16. The average Bonchev–Trinajstić information content (AvgIpc) is 3.50. The van der Waals surface area contributed by atoms with E-state index in [0.29, 0.717) is 37.2 Å². The molecule has 0 radical (unpaired) electrons. The highest BCUT2D eigenvalue weighted by Crippen LogP contribution is 2.34. The van der Waals surface area contributed by atoms with Gasteiger partial charge in [-0.1, -0.05) is 6.07 Å². The van der Waals surface area contributed by atoms with E-state index >= 15 is 0 Å². The quantitative estimate of drug-likeness (QED) is 0.462. The van der Waals surface area contributed by atoms with E-state index in [1.165, 1.54) is 6.92 Å². The highest BCUT2D eigenvalue weighted by molar-refractivity contribution is 5.96. The highest BCUT2D eigenvalue weighted by Gasteiger charge is 2.26. The molecule has 0 spiro atoms. The SMILES string of the molecule is CC(O)C(=O)N1CCC(Oc2ccc(-c3c[nH]c4ncc(-c5cnn(C)c5)cc34)cc2C#N)CC1. The lowest BCUT2D eigenvalue weighted by Crippen LogP contribution is -2.45. The van der Waals surface area contributed by atoms with E-state index < -0.39 is 6.10 Å². The van der Waals surface area contributed by atoms with Crippen LogP contribution in [-0.4, -0.2) is 61.0 Å². The van der Waals surface area contributed by atoms with Crippen LogP contribution >= 0.6 is 0 Å². The van der Waals surface area contributed by atoms with Gasteiger partial charge in [0.15, 0.2) is 0 Å². The summed E-state index contributed by atoms with van der Waals surface area (Å²) in [5.41, 5.74) is 5.01. The van der Waals surface area contributed by atoms with Crippen LogP contribution in [0.25, 0.3) is 33.3 Å². The van der Waals surface area contributed by atoms with Crippen LogP contribution in [0.2, 0.25) is 0 Å². The van der Waals surface area contributed by atoms with Crippen LogP contribution in [0, 0.1) is 11.3 Å². The molecule has 4 aromatic rings. The van der Waals surface area contributed by atoms with E-state index in [2.05, 4.69) is 27.2 Å². The Morgan fingerprint density at radius 1 is 1.23 bits per heavy atom. The first-order chi connectivity index (χ1) is 16.9. The molecule has 1 atom stereocenters. The third-order valence-corrected chi connectivity index (χ3v) is 6.39. The fraction of sp³-hybridized carbons (Fsp3) is 0.308. The number of carbonyl (C=O) groups excluding carboxylic acids is 1. The normalized spacial score (nSPS) is 15.2. The molecule has 4 heterocycles. The number of hydrogen-bond donors (Lipinski definition) is 2. The minimum atomic E-state index is -0.995. The summed E-state index contributed by atoms with van der Waals surface area (Å²) in [6.07, 6.45) is 7.68. The Bertz CT molecular complexity index is 1420. The van der Waals surface area contributed by atoms with Gasteiger partial charge in [0.05, 0.1) is 11.8 Å². The lowest BCUT2D eigenvalue weighted by molar-refractivity contribution is -0.141. The van der Waals surface area contributed by atoms with Crippen LogP contribution in [0.1, 0.15) is 25.3 Å². The lowest BCUT2D eigenvalue weighted by Gasteiger charge is -2.33. The van der Waals surface area contributed by atoms with E-state index in [9.17, 15) is 15.2 Å². The van der Waals surface area contributed by atoms with Crippen molar-refractivity contribution in [1.29, 1.82) is 5.26 Å². The average molecular weight is 471 g/mol. The van der Waals surface area contributed by atoms with Gasteiger partial charge in [0.25, 0.3) is 5.91 Å². The number of hydrogen-bond acceptors (Lipinski definition) is 6. The Morgan fingerprint density at radius 3 is 2.71 bits per heavy atom. The number of pyridine rings is 1. The molecule has 1 aromatic carbocycles. The molecule has 1 fully saturated rings. The molecule has 0 bridgehead atoms. The number of amides is 1. The van der Waals surface area contributed by atoms with Crippen molar-refractivity contribution >= 4 is 16.9 Å². The predicted octanol–water partition coefficient (Wildman–Crippen LogP) is 3.25. The number of aryl methyl sites for hydroxylation is 1. The molecule has 35 heavy (non-hydrogen) atoms. The number of aliphatic hydroxyl groups excluding tert-OH is 1. The zero-order chi connectivity index (χ0) is 24.5. The first kappa shape index (κ1) is 22.6. The number of aromatic amines is 1. The molecule has 5 rings (SSSR count). The summed E-state index contributed by atoms with van der Waals surface area (Å²) < 4.78 is 7.91. The molecule has 1 amide bonds. The van der Waals surface area contributed by atoms with Crippen molar-refractivity contribution in [2.45, 2.75) is 32.0 Å². The molecule has 0 aliphatic carbocycles. The van der Waals surface area contributed by atoms with Crippen LogP contribution in [0.5, 0.6) is 5.75 Å². The Labute approximate surface area is 202 Å². The third kappa shape index (κ3) is 4.48. The second kappa shape index (κ2) is 9.24. The summed E-state index contributed by atoms with van der Waals surface area (Å²) in [5, 5.41) is 24.5. The standard InChI is InChI=1S/C26H26N6O3/c1-16(33)26(34)32-7-5-21(6-8-32)35-24-4-3-17(9-18(24)11-27)23-14-29-25-22(23)10-19(12-28-25)20-13-30-31(2)15-20/h3-4,9-10,12-16,21,33H,5-8H2,1-2H3,(H,28,29). The maximum atomic E-state index is 12.0. The number of aromatic nitrogens is 4. The minimum Gasteiger partial charge on any atom is -0.489 e. The first-order valence-electron chi connectivity index (χ1n) is 11.6. The lowest BCUT2D eigenvalue weighted by atomic mass is 10.0. The van der Waals surface area contributed by atoms with Crippen molar-refractivity contribution in [3.05, 3.63) is 54.6 Å². The summed E-state index contributed by atoms with van der Waals surface area (Å²) in [4.78, 5) is 21.4. The van der Waals surface area contributed by atoms with Crippen molar-refractivity contribution in [1.82, 2.24) is 24.6 Å². The summed E-state index contributed by atoms with van der Waals surface area (Å²) in [5.74, 6) is 0.274. The Balaban J connectivity index is 1.37. The number of piperidine rings is 1. The molecule has 1 unspecified atom stereocenters. The summed E-state index contributed by atoms with van der Waals surface area (Å²) >= 11 is 0. The fourth-order valence-electron chi connectivity index (χ4n) is 4.50. The number of nitrogens with one attached hydrogen (secondary N) is 1. The number of fused-ring (bicyclic) bond motifs is 1. The maximum absolute atomic E-state index is 12.0. The smallest absolute Gasteiger partial charge is 0.251 e. The van der Waals surface area contributed by atoms with Gasteiger partial charge in [-0.2, -0.15) is 10.4 Å². The number of nitriles is 1. The second-order valence-electron chi connectivity index (χ2n) is 8.87. The van der Waals surface area contributed by atoms with Crippen LogP contribution in [-0.2, 0) is 11.8 Å². The first-order valence-corrected chi connectivity index (χ1v) is 11.6. The number of rotatable bonds is 5. The molecule has 1 aliphatic heterocycles. The summed E-state index contributed by atoms with van der Waals surface area (Å²) in [7, 11) is 1.88. The van der Waals surface area contributed by atoms with Crippen LogP contribution in [0.4, 0.5) is 0 Å². The van der Waals surface area contributed by atoms with Crippen molar-refractivity contribution < 1.29 is 14.6 Å².